The zero-order valence-electron chi connectivity index (χ0n) is 18.2. The first-order valence-corrected chi connectivity index (χ1v) is 10.9. The van der Waals surface area contributed by atoms with Crippen molar-refractivity contribution in [3.05, 3.63) is 35.9 Å². The molecule has 0 unspecified atom stereocenters. The molecule has 6 heteroatoms. The molecule has 4 aliphatic rings. The van der Waals surface area contributed by atoms with E-state index in [4.69, 9.17) is 9.47 Å². The van der Waals surface area contributed by atoms with E-state index in [1.807, 2.05) is 37.3 Å². The standard InChI is InChI=1S/C24H31NO5/c1-5-29-21(27)24(28,12-11-15-9-7-6-8-10-15)19-20(26)30-23(4)17-13-16(22(17,2)3)14-18(23)25-19/h6-10,16-17,19,28H,5,11-14H2,1-4H3/t16-,17-,19+,23-,24-/m0/s1. The van der Waals surface area contributed by atoms with Crippen molar-refractivity contribution >= 4 is 17.7 Å². The predicted molar refractivity (Wildman–Crippen MR) is 112 cm³/mol. The van der Waals surface area contributed by atoms with Gasteiger partial charge in [0.15, 0.2) is 17.2 Å². The van der Waals surface area contributed by atoms with Crippen LogP contribution in [-0.2, 0) is 25.5 Å². The molecular weight excluding hydrogens is 382 g/mol. The summed E-state index contributed by atoms with van der Waals surface area (Å²) >= 11 is 0. The molecule has 6 nitrogen and oxygen atoms in total. The van der Waals surface area contributed by atoms with E-state index in [2.05, 4.69) is 18.8 Å². The smallest absolute Gasteiger partial charge is 0.341 e. The van der Waals surface area contributed by atoms with E-state index in [1.165, 1.54) is 0 Å². The Hall–Kier alpha value is -2.21. The number of rotatable bonds is 6. The first-order chi connectivity index (χ1) is 14.1. The topological polar surface area (TPSA) is 85.2 Å². The number of hydrogen-bond donors (Lipinski definition) is 1. The van der Waals surface area contributed by atoms with Crippen molar-refractivity contribution in [1.29, 1.82) is 0 Å². The van der Waals surface area contributed by atoms with Gasteiger partial charge in [0.2, 0.25) is 0 Å². The third-order valence-electron chi connectivity index (χ3n) is 7.69. The Bertz CT molecular complexity index is 879. The quantitative estimate of drug-likeness (QED) is 0.725. The first kappa shape index (κ1) is 21.0. The molecule has 0 saturated heterocycles. The van der Waals surface area contributed by atoms with E-state index in [1.54, 1.807) is 6.92 Å². The first-order valence-electron chi connectivity index (χ1n) is 10.9. The van der Waals surface area contributed by atoms with Crippen molar-refractivity contribution in [2.75, 3.05) is 6.61 Å². The Balaban J connectivity index is 1.66. The second-order valence-corrected chi connectivity index (χ2v) is 9.65. The van der Waals surface area contributed by atoms with Crippen molar-refractivity contribution in [3.63, 3.8) is 0 Å². The fourth-order valence-electron chi connectivity index (χ4n) is 5.61. The van der Waals surface area contributed by atoms with E-state index in [0.29, 0.717) is 12.3 Å². The summed E-state index contributed by atoms with van der Waals surface area (Å²) in [6.45, 7) is 8.13. The summed E-state index contributed by atoms with van der Waals surface area (Å²) < 4.78 is 11.1. The summed E-state index contributed by atoms with van der Waals surface area (Å²) in [6, 6.07) is 8.24. The lowest BCUT2D eigenvalue weighted by molar-refractivity contribution is -0.198. The third-order valence-corrected chi connectivity index (χ3v) is 7.69. The maximum atomic E-state index is 13.1. The Kier molecular flexibility index (Phi) is 5.04. The van der Waals surface area contributed by atoms with Gasteiger partial charge in [-0.15, -0.1) is 0 Å². The molecule has 1 aromatic carbocycles. The summed E-state index contributed by atoms with van der Waals surface area (Å²) in [5.74, 6) is -0.790. The van der Waals surface area contributed by atoms with Crippen molar-refractivity contribution in [2.24, 2.45) is 22.2 Å². The zero-order valence-corrected chi connectivity index (χ0v) is 18.2. The zero-order chi connectivity index (χ0) is 21.7. The molecule has 1 aromatic rings. The minimum atomic E-state index is -2.06. The van der Waals surface area contributed by atoms with Crippen LogP contribution >= 0.6 is 0 Å². The molecule has 162 valence electrons. The van der Waals surface area contributed by atoms with Crippen LogP contribution < -0.4 is 0 Å². The molecule has 30 heavy (non-hydrogen) atoms. The van der Waals surface area contributed by atoms with Gasteiger partial charge in [0, 0.05) is 5.92 Å². The molecule has 5 atom stereocenters. The van der Waals surface area contributed by atoms with Crippen LogP contribution in [0.4, 0.5) is 0 Å². The highest BCUT2D eigenvalue weighted by molar-refractivity contribution is 6.03. The van der Waals surface area contributed by atoms with Crippen LogP contribution in [0, 0.1) is 17.3 Å². The molecule has 3 aliphatic carbocycles. The van der Waals surface area contributed by atoms with Gasteiger partial charge in [-0.25, -0.2) is 9.59 Å². The Morgan fingerprint density at radius 1 is 1.30 bits per heavy atom. The molecule has 2 bridgehead atoms. The van der Waals surface area contributed by atoms with Crippen molar-refractivity contribution in [3.8, 4) is 0 Å². The lowest BCUT2D eigenvalue weighted by Gasteiger charge is -2.64. The number of ether oxygens (including phenoxy) is 2. The molecule has 0 aromatic heterocycles. The van der Waals surface area contributed by atoms with E-state index >= 15 is 0 Å². The number of aliphatic hydroxyl groups is 1. The highest BCUT2D eigenvalue weighted by atomic mass is 16.6. The van der Waals surface area contributed by atoms with Gasteiger partial charge in [0.25, 0.3) is 0 Å². The lowest BCUT2D eigenvalue weighted by Crippen LogP contribution is -2.70. The number of nitrogens with zero attached hydrogens (tertiary/aromatic N) is 1. The largest absolute Gasteiger partial charge is 0.464 e. The fraction of sp³-hybridized carbons (Fsp3) is 0.625. The fourth-order valence-corrected chi connectivity index (χ4v) is 5.61. The van der Waals surface area contributed by atoms with Crippen molar-refractivity contribution in [2.45, 2.75) is 70.6 Å². The Morgan fingerprint density at radius 3 is 2.63 bits per heavy atom. The minimum Gasteiger partial charge on any atom is -0.464 e. The highest BCUT2D eigenvalue weighted by Gasteiger charge is 2.67. The summed E-state index contributed by atoms with van der Waals surface area (Å²) in [4.78, 5) is 30.6. The normalized spacial score (nSPS) is 33.3. The third kappa shape index (κ3) is 3.08. The van der Waals surface area contributed by atoms with E-state index in [9.17, 15) is 14.7 Å². The van der Waals surface area contributed by atoms with Crippen molar-refractivity contribution in [1.82, 2.24) is 0 Å². The molecule has 1 aliphatic heterocycles. The van der Waals surface area contributed by atoms with Gasteiger partial charge in [-0.3, -0.25) is 4.99 Å². The maximum Gasteiger partial charge on any atom is 0.341 e. The average Bonchev–Trinajstić information content (AvgIpc) is 2.71. The monoisotopic (exact) mass is 413 g/mol. The number of benzene rings is 1. The Labute approximate surface area is 177 Å². The molecule has 0 spiro atoms. The maximum absolute atomic E-state index is 13.1. The van der Waals surface area contributed by atoms with Gasteiger partial charge in [-0.05, 0) is 56.4 Å². The predicted octanol–water partition coefficient (Wildman–Crippen LogP) is 3.10. The van der Waals surface area contributed by atoms with Gasteiger partial charge >= 0.3 is 11.9 Å². The summed E-state index contributed by atoms with van der Waals surface area (Å²) in [5.41, 5.74) is -0.987. The van der Waals surface area contributed by atoms with Gasteiger partial charge in [0.1, 0.15) is 0 Å². The Morgan fingerprint density at radius 2 is 2.00 bits per heavy atom. The van der Waals surface area contributed by atoms with Crippen LogP contribution in [0.2, 0.25) is 0 Å². The molecule has 0 amide bonds. The van der Waals surface area contributed by atoms with Crippen LogP contribution in [0.1, 0.15) is 52.5 Å². The molecule has 1 N–H and O–H groups in total. The van der Waals surface area contributed by atoms with Crippen LogP contribution in [0.3, 0.4) is 0 Å². The van der Waals surface area contributed by atoms with E-state index < -0.39 is 29.2 Å². The lowest BCUT2D eigenvalue weighted by atomic mass is 9.43. The van der Waals surface area contributed by atoms with Crippen LogP contribution in [-0.4, -0.2) is 46.6 Å². The summed E-state index contributed by atoms with van der Waals surface area (Å²) in [5, 5.41) is 11.4. The van der Waals surface area contributed by atoms with Crippen LogP contribution in [0.5, 0.6) is 0 Å². The number of carbonyl (C=O) groups excluding carboxylic acids is 2. The molecule has 0 radical (unpaired) electrons. The number of esters is 2. The van der Waals surface area contributed by atoms with Crippen LogP contribution in [0.25, 0.3) is 0 Å². The number of aliphatic imine (C=N–C) groups is 1. The highest BCUT2D eigenvalue weighted by Crippen LogP contribution is 2.63. The number of hydrogen-bond acceptors (Lipinski definition) is 6. The van der Waals surface area contributed by atoms with E-state index in [0.717, 1.165) is 24.1 Å². The van der Waals surface area contributed by atoms with E-state index in [-0.39, 0.29) is 24.4 Å². The molecule has 3 fully saturated rings. The number of aryl methyl sites for hydroxylation is 1. The van der Waals surface area contributed by atoms with Gasteiger partial charge in [0.05, 0.1) is 12.3 Å². The molecule has 1 heterocycles. The average molecular weight is 414 g/mol. The van der Waals surface area contributed by atoms with Crippen molar-refractivity contribution < 1.29 is 24.2 Å². The second-order valence-electron chi connectivity index (χ2n) is 9.65. The number of carbonyl (C=O) groups is 2. The molecule has 3 saturated carbocycles. The van der Waals surface area contributed by atoms with Gasteiger partial charge in [-0.1, -0.05) is 44.2 Å². The molecule has 5 rings (SSSR count). The summed E-state index contributed by atoms with van der Waals surface area (Å²) in [7, 11) is 0. The minimum absolute atomic E-state index is 0.0292. The van der Waals surface area contributed by atoms with Gasteiger partial charge in [-0.2, -0.15) is 0 Å². The molecular formula is C24H31NO5. The second kappa shape index (κ2) is 7.19. The van der Waals surface area contributed by atoms with Crippen LogP contribution in [0.15, 0.2) is 35.3 Å². The van der Waals surface area contributed by atoms with Gasteiger partial charge < -0.3 is 14.6 Å². The summed E-state index contributed by atoms with van der Waals surface area (Å²) in [6.07, 6.45) is 2.18. The SMILES string of the molecule is CCOC(=O)[C@](O)(CCc1ccccc1)[C@@H]1N=C2C[C@@H]3C[C@@H](C3(C)C)[C@]2(C)OC1=O.